The van der Waals surface area contributed by atoms with Gasteiger partial charge in [0.1, 0.15) is 0 Å². The molecule has 2 aromatic rings. The Morgan fingerprint density at radius 1 is 0.972 bits per heavy atom. The van der Waals surface area contributed by atoms with Crippen molar-refractivity contribution in [2.75, 3.05) is 6.61 Å². The second-order valence-electron chi connectivity index (χ2n) is 10.7. The van der Waals surface area contributed by atoms with Gasteiger partial charge in [-0.15, -0.1) is 0 Å². The van der Waals surface area contributed by atoms with Crippen LogP contribution in [0.5, 0.6) is 0 Å². The highest BCUT2D eigenvalue weighted by Gasteiger charge is 2.36. The lowest BCUT2D eigenvalue weighted by molar-refractivity contribution is -0.145. The van der Waals surface area contributed by atoms with Crippen molar-refractivity contribution < 1.29 is 19.1 Å². The van der Waals surface area contributed by atoms with Crippen molar-refractivity contribution in [3.8, 4) is 0 Å². The quantitative estimate of drug-likeness (QED) is 0.502. The molecule has 7 heteroatoms. The van der Waals surface area contributed by atoms with Crippen LogP contribution in [-0.2, 0) is 16.0 Å². The van der Waals surface area contributed by atoms with Crippen LogP contribution in [0.2, 0.25) is 0 Å². The number of fused-ring (bicyclic) bond motifs is 3. The third kappa shape index (κ3) is 4.89. The molecule has 1 aromatic heterocycles. The topological polar surface area (TPSA) is 91.5 Å². The number of hydrogen-bond donors (Lipinski definition) is 2. The first-order valence-electron chi connectivity index (χ1n) is 14.0. The minimum Gasteiger partial charge on any atom is -0.465 e. The number of benzene rings is 1. The number of carbonyl (C=O) groups is 3. The number of amides is 3. The summed E-state index contributed by atoms with van der Waals surface area (Å²) in [5.74, 6) is -0.797. The third-order valence-corrected chi connectivity index (χ3v) is 8.35. The van der Waals surface area contributed by atoms with Gasteiger partial charge in [0.05, 0.1) is 23.6 Å². The number of carbonyl (C=O) groups excluding carboxylic acids is 3. The standard InChI is InChI=1S/C29H39N3O4/c1-2-36-28(34)24-18-10-16-22-21-15-9-17-23(25(21)31-26(22)24)27(33)32(20-13-7-4-8-14-20)29(35)30-19-11-5-3-6-12-19/h9,15,17,19-20,24,31H,2-8,10-14,16,18H2,1H3,(H,30,35)/t24-/m0/s1. The zero-order chi connectivity index (χ0) is 25.1. The molecule has 0 spiro atoms. The summed E-state index contributed by atoms with van der Waals surface area (Å²) < 4.78 is 5.35. The number of nitrogens with one attached hydrogen (secondary N) is 2. The van der Waals surface area contributed by atoms with Crippen LogP contribution in [0.3, 0.4) is 0 Å². The van der Waals surface area contributed by atoms with Crippen molar-refractivity contribution >= 4 is 28.8 Å². The molecule has 36 heavy (non-hydrogen) atoms. The van der Waals surface area contributed by atoms with Crippen molar-refractivity contribution in [1.82, 2.24) is 15.2 Å². The first kappa shape index (κ1) is 24.8. The molecule has 2 saturated carbocycles. The first-order chi connectivity index (χ1) is 17.6. The van der Waals surface area contributed by atoms with E-state index in [1.807, 2.05) is 25.1 Å². The van der Waals surface area contributed by atoms with Crippen LogP contribution in [0.1, 0.15) is 112 Å². The number of aromatic nitrogens is 1. The van der Waals surface area contributed by atoms with E-state index in [-0.39, 0.29) is 35.9 Å². The summed E-state index contributed by atoms with van der Waals surface area (Å²) in [5.41, 5.74) is 3.20. The molecule has 1 heterocycles. The van der Waals surface area contributed by atoms with Crippen molar-refractivity contribution in [2.24, 2.45) is 0 Å². The summed E-state index contributed by atoms with van der Waals surface area (Å²) in [6.45, 7) is 2.17. The van der Waals surface area contributed by atoms with E-state index in [0.29, 0.717) is 12.2 Å². The normalized spacial score (nSPS) is 21.1. The van der Waals surface area contributed by atoms with Crippen LogP contribution in [0, 0.1) is 0 Å². The van der Waals surface area contributed by atoms with E-state index in [4.69, 9.17) is 4.74 Å². The molecule has 0 radical (unpaired) electrons. The van der Waals surface area contributed by atoms with Crippen molar-refractivity contribution in [3.05, 3.63) is 35.0 Å². The van der Waals surface area contributed by atoms with E-state index >= 15 is 0 Å². The van der Waals surface area contributed by atoms with E-state index in [0.717, 1.165) is 99.2 Å². The number of aromatic amines is 1. The van der Waals surface area contributed by atoms with Crippen LogP contribution in [0.15, 0.2) is 18.2 Å². The Labute approximate surface area is 213 Å². The van der Waals surface area contributed by atoms with Gasteiger partial charge in [-0.05, 0) is 63.5 Å². The summed E-state index contributed by atoms with van der Waals surface area (Å²) in [7, 11) is 0. The van der Waals surface area contributed by atoms with Crippen LogP contribution >= 0.6 is 0 Å². The molecule has 3 aliphatic carbocycles. The number of nitrogens with zero attached hydrogens (tertiary/aromatic N) is 1. The number of esters is 1. The second-order valence-corrected chi connectivity index (χ2v) is 10.7. The van der Waals surface area contributed by atoms with Gasteiger partial charge in [-0.25, -0.2) is 4.79 Å². The largest absolute Gasteiger partial charge is 0.465 e. The number of ether oxygens (including phenoxy) is 1. The minimum atomic E-state index is -0.340. The van der Waals surface area contributed by atoms with Gasteiger partial charge in [-0.1, -0.05) is 50.7 Å². The summed E-state index contributed by atoms with van der Waals surface area (Å²) >= 11 is 0. The molecule has 3 amide bonds. The molecule has 1 aromatic carbocycles. The molecule has 0 bridgehead atoms. The zero-order valence-electron chi connectivity index (χ0n) is 21.4. The monoisotopic (exact) mass is 493 g/mol. The Morgan fingerprint density at radius 3 is 2.42 bits per heavy atom. The SMILES string of the molecule is CCOC(=O)[C@H]1CCCc2c1[nH]c1c(C(=O)N(C(=O)NC3CCCCC3)C3CCCCC3)cccc21. The molecule has 0 unspecified atom stereocenters. The van der Waals surface area contributed by atoms with Gasteiger partial charge in [0.25, 0.3) is 5.91 Å². The Balaban J connectivity index is 1.49. The minimum absolute atomic E-state index is 0.0815. The maximum atomic E-state index is 14.1. The van der Waals surface area contributed by atoms with Crippen LogP contribution in [-0.4, -0.2) is 46.5 Å². The number of hydrogen-bond acceptors (Lipinski definition) is 4. The number of imide groups is 1. The summed E-state index contributed by atoms with van der Waals surface area (Å²) in [4.78, 5) is 45.4. The molecule has 7 nitrogen and oxygen atoms in total. The summed E-state index contributed by atoms with van der Waals surface area (Å²) in [5, 5.41) is 4.17. The predicted octanol–water partition coefficient (Wildman–Crippen LogP) is 5.97. The smallest absolute Gasteiger partial charge is 0.324 e. The fraction of sp³-hybridized carbons (Fsp3) is 0.621. The lowest BCUT2D eigenvalue weighted by Crippen LogP contribution is -2.52. The first-order valence-corrected chi connectivity index (χ1v) is 14.0. The average molecular weight is 494 g/mol. The Morgan fingerprint density at radius 2 is 1.69 bits per heavy atom. The highest BCUT2D eigenvalue weighted by Crippen LogP contribution is 2.38. The molecule has 0 aliphatic heterocycles. The van der Waals surface area contributed by atoms with E-state index in [1.54, 1.807) is 0 Å². The van der Waals surface area contributed by atoms with Gasteiger partial charge >= 0.3 is 12.0 Å². The van der Waals surface area contributed by atoms with Crippen molar-refractivity contribution in [3.63, 3.8) is 0 Å². The molecule has 2 N–H and O–H groups in total. The van der Waals surface area contributed by atoms with Gasteiger partial charge in [0.2, 0.25) is 0 Å². The molecule has 2 fully saturated rings. The maximum Gasteiger partial charge on any atom is 0.324 e. The van der Waals surface area contributed by atoms with Gasteiger partial charge in [-0.2, -0.15) is 0 Å². The lowest BCUT2D eigenvalue weighted by atomic mass is 9.86. The van der Waals surface area contributed by atoms with Crippen LogP contribution in [0.4, 0.5) is 4.79 Å². The molecule has 1 atom stereocenters. The third-order valence-electron chi connectivity index (χ3n) is 8.35. The number of urea groups is 1. The fourth-order valence-corrected chi connectivity index (χ4v) is 6.53. The molecule has 194 valence electrons. The highest BCUT2D eigenvalue weighted by molar-refractivity contribution is 6.12. The van der Waals surface area contributed by atoms with Gasteiger partial charge < -0.3 is 15.0 Å². The Hall–Kier alpha value is -2.83. The lowest BCUT2D eigenvalue weighted by Gasteiger charge is -2.34. The van der Waals surface area contributed by atoms with Crippen LogP contribution in [0.25, 0.3) is 10.9 Å². The fourth-order valence-electron chi connectivity index (χ4n) is 6.53. The molecule has 3 aliphatic rings. The molecular weight excluding hydrogens is 454 g/mol. The number of H-pyrrole nitrogens is 1. The van der Waals surface area contributed by atoms with Crippen molar-refractivity contribution in [2.45, 2.75) is 108 Å². The Bertz CT molecular complexity index is 1110. The van der Waals surface area contributed by atoms with Crippen molar-refractivity contribution in [1.29, 1.82) is 0 Å². The number of rotatable bonds is 5. The summed E-state index contributed by atoms with van der Waals surface area (Å²) in [6.07, 6.45) is 12.8. The summed E-state index contributed by atoms with van der Waals surface area (Å²) in [6, 6.07) is 5.54. The highest BCUT2D eigenvalue weighted by atomic mass is 16.5. The van der Waals surface area contributed by atoms with Gasteiger partial charge in [0, 0.05) is 23.2 Å². The van der Waals surface area contributed by atoms with Gasteiger partial charge in [0.15, 0.2) is 0 Å². The Kier molecular flexibility index (Phi) is 7.63. The van der Waals surface area contributed by atoms with E-state index in [1.165, 1.54) is 11.3 Å². The number of aryl methyl sites for hydroxylation is 1. The average Bonchev–Trinajstić information content (AvgIpc) is 3.29. The molecule has 0 saturated heterocycles. The predicted molar refractivity (Wildman–Crippen MR) is 139 cm³/mol. The number of para-hydroxylation sites is 1. The van der Waals surface area contributed by atoms with Crippen LogP contribution < -0.4 is 5.32 Å². The zero-order valence-corrected chi connectivity index (χ0v) is 21.4. The van der Waals surface area contributed by atoms with E-state index < -0.39 is 0 Å². The second kappa shape index (κ2) is 11.1. The van der Waals surface area contributed by atoms with E-state index in [9.17, 15) is 14.4 Å². The van der Waals surface area contributed by atoms with Gasteiger partial charge in [-0.3, -0.25) is 14.5 Å². The maximum absolute atomic E-state index is 14.1. The molecular formula is C29H39N3O4. The van der Waals surface area contributed by atoms with E-state index in [2.05, 4.69) is 10.3 Å². The molecule has 5 rings (SSSR count).